The summed E-state index contributed by atoms with van der Waals surface area (Å²) in [6.45, 7) is 2.88. The van der Waals surface area contributed by atoms with Crippen molar-refractivity contribution < 1.29 is 14.5 Å². The van der Waals surface area contributed by atoms with E-state index >= 15 is 0 Å². The van der Waals surface area contributed by atoms with Crippen LogP contribution in [0.4, 0.5) is 5.82 Å². The zero-order valence-electron chi connectivity index (χ0n) is 13.3. The lowest BCUT2D eigenvalue weighted by molar-refractivity contribution is -0.391. The first-order chi connectivity index (χ1) is 10.5. The van der Waals surface area contributed by atoms with Crippen LogP contribution in [0.5, 0.6) is 0 Å². The molecular formula is C14H23ClN4O4. The molecule has 0 unspecified atom stereocenters. The Balaban J connectivity index is 0.00000264. The Morgan fingerprint density at radius 1 is 1.48 bits per heavy atom. The van der Waals surface area contributed by atoms with Crippen molar-refractivity contribution in [2.45, 2.75) is 12.8 Å². The number of piperidine rings is 1. The molecule has 1 aromatic heterocycles. The van der Waals surface area contributed by atoms with E-state index in [-0.39, 0.29) is 35.2 Å². The molecule has 0 aromatic carbocycles. The standard InChI is InChI=1S/C14H22N4O4.ClH/c1-17-11(3-4-12(17)18(20)21)13(19)16-9-14(10-22-2)5-7-15-8-6-14;/h3-4,15H,5-10H2,1-2H3,(H,16,19);1H. The highest BCUT2D eigenvalue weighted by Crippen LogP contribution is 2.28. The molecule has 0 saturated carbocycles. The monoisotopic (exact) mass is 346 g/mol. The van der Waals surface area contributed by atoms with Crippen LogP contribution >= 0.6 is 12.4 Å². The molecule has 1 aliphatic heterocycles. The second-order valence-electron chi connectivity index (χ2n) is 5.76. The minimum Gasteiger partial charge on any atom is -0.384 e. The third-order valence-corrected chi connectivity index (χ3v) is 4.25. The molecular weight excluding hydrogens is 324 g/mol. The van der Waals surface area contributed by atoms with Gasteiger partial charge < -0.3 is 25.5 Å². The van der Waals surface area contributed by atoms with Crippen molar-refractivity contribution in [3.63, 3.8) is 0 Å². The van der Waals surface area contributed by atoms with Gasteiger partial charge in [-0.1, -0.05) is 0 Å². The number of methoxy groups -OCH3 is 1. The summed E-state index contributed by atoms with van der Waals surface area (Å²) in [5.74, 6) is -0.400. The molecule has 9 heteroatoms. The molecule has 2 rings (SSSR count). The van der Waals surface area contributed by atoms with Gasteiger partial charge in [-0.05, 0) is 36.9 Å². The number of nitrogens with zero attached hydrogens (tertiary/aromatic N) is 2. The summed E-state index contributed by atoms with van der Waals surface area (Å²) in [6, 6.07) is 2.81. The average molecular weight is 347 g/mol. The van der Waals surface area contributed by atoms with Gasteiger partial charge in [0.25, 0.3) is 5.91 Å². The van der Waals surface area contributed by atoms with Gasteiger partial charge in [-0.25, -0.2) is 4.57 Å². The van der Waals surface area contributed by atoms with Gasteiger partial charge in [0.1, 0.15) is 0 Å². The lowest BCUT2D eigenvalue weighted by atomic mass is 9.79. The summed E-state index contributed by atoms with van der Waals surface area (Å²) in [7, 11) is 3.18. The van der Waals surface area contributed by atoms with Crippen molar-refractivity contribution in [1.82, 2.24) is 15.2 Å². The maximum atomic E-state index is 12.3. The third kappa shape index (κ3) is 4.43. The van der Waals surface area contributed by atoms with E-state index in [1.165, 1.54) is 23.7 Å². The first kappa shape index (κ1) is 19.4. The Kier molecular flexibility index (Phi) is 6.99. The smallest absolute Gasteiger partial charge is 0.323 e. The van der Waals surface area contributed by atoms with Crippen LogP contribution in [0.15, 0.2) is 12.1 Å². The van der Waals surface area contributed by atoms with Gasteiger partial charge in [0, 0.05) is 25.1 Å². The van der Waals surface area contributed by atoms with E-state index in [1.54, 1.807) is 7.11 Å². The second kappa shape index (κ2) is 8.28. The van der Waals surface area contributed by atoms with Crippen LogP contribution in [0.3, 0.4) is 0 Å². The fraction of sp³-hybridized carbons (Fsp3) is 0.643. The number of halogens is 1. The number of carbonyl (C=O) groups excluding carboxylic acids is 1. The molecule has 1 fully saturated rings. The SMILES string of the molecule is COCC1(CNC(=O)c2ccc([N+](=O)[O-])n2C)CCNCC1.Cl. The van der Waals surface area contributed by atoms with Crippen molar-refractivity contribution in [2.75, 3.05) is 33.4 Å². The normalized spacial score (nSPS) is 16.4. The van der Waals surface area contributed by atoms with Crippen LogP contribution in [0.1, 0.15) is 23.3 Å². The van der Waals surface area contributed by atoms with E-state index in [1.807, 2.05) is 0 Å². The molecule has 0 radical (unpaired) electrons. The fourth-order valence-electron chi connectivity index (χ4n) is 2.91. The first-order valence-electron chi connectivity index (χ1n) is 7.27. The summed E-state index contributed by atoms with van der Waals surface area (Å²) in [5.41, 5.74) is 0.209. The number of nitro groups is 1. The van der Waals surface area contributed by atoms with Gasteiger partial charge in [0.2, 0.25) is 0 Å². The van der Waals surface area contributed by atoms with Crippen LogP contribution in [0.25, 0.3) is 0 Å². The molecule has 0 bridgehead atoms. The van der Waals surface area contributed by atoms with Crippen molar-refractivity contribution in [3.05, 3.63) is 27.9 Å². The van der Waals surface area contributed by atoms with Crippen molar-refractivity contribution in [1.29, 1.82) is 0 Å². The Hall–Kier alpha value is -1.64. The predicted octanol–water partition coefficient (Wildman–Crippen LogP) is 1.10. The Labute approximate surface area is 141 Å². The maximum absolute atomic E-state index is 12.3. The van der Waals surface area contributed by atoms with Crippen molar-refractivity contribution in [3.8, 4) is 0 Å². The molecule has 1 amide bonds. The predicted molar refractivity (Wildman–Crippen MR) is 88.1 cm³/mol. The number of hydrogen-bond donors (Lipinski definition) is 2. The fourth-order valence-corrected chi connectivity index (χ4v) is 2.91. The summed E-state index contributed by atoms with van der Waals surface area (Å²) < 4.78 is 6.60. The Bertz CT molecular complexity index is 549. The number of hydrogen-bond acceptors (Lipinski definition) is 5. The second-order valence-corrected chi connectivity index (χ2v) is 5.76. The van der Waals surface area contributed by atoms with E-state index < -0.39 is 4.92 Å². The van der Waals surface area contributed by atoms with Gasteiger partial charge in [0.05, 0.1) is 13.7 Å². The van der Waals surface area contributed by atoms with Gasteiger partial charge in [-0.3, -0.25) is 4.79 Å². The molecule has 2 N–H and O–H groups in total. The number of rotatable bonds is 6. The minimum absolute atomic E-state index is 0. The van der Waals surface area contributed by atoms with Gasteiger partial charge in [-0.2, -0.15) is 0 Å². The summed E-state index contributed by atoms with van der Waals surface area (Å²) in [5, 5.41) is 17.0. The summed E-state index contributed by atoms with van der Waals surface area (Å²) in [4.78, 5) is 22.6. The number of ether oxygens (including phenoxy) is 1. The molecule has 1 saturated heterocycles. The topological polar surface area (TPSA) is 98.4 Å². The molecule has 8 nitrogen and oxygen atoms in total. The van der Waals surface area contributed by atoms with E-state index in [0.29, 0.717) is 13.2 Å². The highest BCUT2D eigenvalue weighted by molar-refractivity contribution is 5.93. The Morgan fingerprint density at radius 3 is 2.65 bits per heavy atom. The summed E-state index contributed by atoms with van der Waals surface area (Å²) >= 11 is 0. The van der Waals surface area contributed by atoms with Crippen LogP contribution in [0.2, 0.25) is 0 Å². The highest BCUT2D eigenvalue weighted by Gasteiger charge is 2.33. The van der Waals surface area contributed by atoms with E-state index in [2.05, 4.69) is 10.6 Å². The number of amides is 1. The summed E-state index contributed by atoms with van der Waals surface area (Å²) in [6.07, 6.45) is 1.85. The zero-order valence-corrected chi connectivity index (χ0v) is 14.1. The number of carbonyl (C=O) groups is 1. The Morgan fingerprint density at radius 2 is 2.13 bits per heavy atom. The van der Waals surface area contributed by atoms with E-state index in [9.17, 15) is 14.9 Å². The zero-order chi connectivity index (χ0) is 16.2. The molecule has 1 aliphatic rings. The van der Waals surface area contributed by atoms with Crippen molar-refractivity contribution in [2.24, 2.45) is 12.5 Å². The molecule has 1 aromatic rings. The third-order valence-electron chi connectivity index (χ3n) is 4.25. The molecule has 130 valence electrons. The van der Waals surface area contributed by atoms with Gasteiger partial charge in [0.15, 0.2) is 5.69 Å². The first-order valence-corrected chi connectivity index (χ1v) is 7.27. The van der Waals surface area contributed by atoms with Crippen LogP contribution in [0, 0.1) is 15.5 Å². The maximum Gasteiger partial charge on any atom is 0.323 e. The van der Waals surface area contributed by atoms with Gasteiger partial charge in [-0.15, -0.1) is 12.4 Å². The van der Waals surface area contributed by atoms with Gasteiger partial charge >= 0.3 is 5.82 Å². The lowest BCUT2D eigenvalue weighted by Crippen LogP contribution is -2.47. The quantitative estimate of drug-likeness (QED) is 0.593. The molecule has 23 heavy (non-hydrogen) atoms. The molecule has 2 heterocycles. The lowest BCUT2D eigenvalue weighted by Gasteiger charge is -2.37. The van der Waals surface area contributed by atoms with Crippen LogP contribution in [-0.2, 0) is 11.8 Å². The number of nitrogens with one attached hydrogen (secondary N) is 2. The highest BCUT2D eigenvalue weighted by atomic mass is 35.5. The number of aromatic nitrogens is 1. The van der Waals surface area contributed by atoms with Crippen molar-refractivity contribution >= 4 is 24.1 Å². The van der Waals surface area contributed by atoms with Crippen LogP contribution < -0.4 is 10.6 Å². The van der Waals surface area contributed by atoms with Crippen LogP contribution in [-0.4, -0.2) is 48.7 Å². The largest absolute Gasteiger partial charge is 0.384 e. The minimum atomic E-state index is -0.504. The molecule has 0 atom stereocenters. The average Bonchev–Trinajstić information content (AvgIpc) is 2.88. The molecule has 0 aliphatic carbocycles. The van der Waals surface area contributed by atoms with E-state index in [0.717, 1.165) is 25.9 Å². The molecule has 0 spiro atoms. The van der Waals surface area contributed by atoms with E-state index in [4.69, 9.17) is 4.74 Å².